The smallest absolute Gasteiger partial charge is 0.309 e. The van der Waals surface area contributed by atoms with Gasteiger partial charge in [-0.05, 0) is 13.0 Å². The van der Waals surface area contributed by atoms with E-state index in [9.17, 15) is 14.4 Å². The Balaban J connectivity index is 1.94. The van der Waals surface area contributed by atoms with Gasteiger partial charge in [-0.1, -0.05) is 12.1 Å². The highest BCUT2D eigenvalue weighted by molar-refractivity contribution is 6.29. The number of ether oxygens (including phenoxy) is 3. The van der Waals surface area contributed by atoms with Gasteiger partial charge in [0.15, 0.2) is 17.7 Å². The van der Waals surface area contributed by atoms with Gasteiger partial charge in [-0.2, -0.15) is 0 Å². The molecule has 1 aromatic carbocycles. The van der Waals surface area contributed by atoms with Crippen molar-refractivity contribution in [1.29, 1.82) is 0 Å². The second-order valence-electron chi connectivity index (χ2n) is 5.80. The summed E-state index contributed by atoms with van der Waals surface area (Å²) in [7, 11) is 1.45. The minimum Gasteiger partial charge on any atom is -0.496 e. The third kappa shape index (κ3) is 1.81. The molecule has 2 heterocycles. The SMILES string of the molecule is COc1cccc2c1C(=O)C1=C(C2=O)[C@@H](C)O[C@@H]2CC(=O)O[C@H]12. The number of esters is 1. The lowest BCUT2D eigenvalue weighted by molar-refractivity contribution is -0.140. The summed E-state index contributed by atoms with van der Waals surface area (Å²) in [6.07, 6.45) is -1.81. The normalized spacial score (nSPS) is 29.0. The number of Topliss-reactive ketones (excluding diaryl/α,β-unsaturated/α-hetero) is 2. The van der Waals surface area contributed by atoms with Gasteiger partial charge >= 0.3 is 5.97 Å². The van der Waals surface area contributed by atoms with E-state index in [1.54, 1.807) is 25.1 Å². The van der Waals surface area contributed by atoms with E-state index in [1.165, 1.54) is 7.11 Å². The van der Waals surface area contributed by atoms with Crippen LogP contribution in [0.1, 0.15) is 34.1 Å². The maximum atomic E-state index is 13.0. The molecule has 4 rings (SSSR count). The average molecular weight is 314 g/mol. The topological polar surface area (TPSA) is 78.9 Å². The van der Waals surface area contributed by atoms with Gasteiger partial charge in [0.2, 0.25) is 0 Å². The summed E-state index contributed by atoms with van der Waals surface area (Å²) in [4.78, 5) is 37.5. The summed E-state index contributed by atoms with van der Waals surface area (Å²) in [6, 6.07) is 4.90. The second kappa shape index (κ2) is 4.76. The third-order valence-corrected chi connectivity index (χ3v) is 4.53. The zero-order valence-corrected chi connectivity index (χ0v) is 12.6. The van der Waals surface area contributed by atoms with Gasteiger partial charge in [0.05, 0.1) is 30.8 Å². The Morgan fingerprint density at radius 1 is 1.13 bits per heavy atom. The van der Waals surface area contributed by atoms with Crippen LogP contribution in [0, 0.1) is 0 Å². The molecular formula is C17H14O6. The van der Waals surface area contributed by atoms with Gasteiger partial charge in [0.25, 0.3) is 0 Å². The number of carbonyl (C=O) groups excluding carboxylic acids is 3. The molecule has 1 aliphatic carbocycles. The van der Waals surface area contributed by atoms with E-state index >= 15 is 0 Å². The summed E-state index contributed by atoms with van der Waals surface area (Å²) in [5, 5.41) is 0. The molecule has 3 aliphatic rings. The van der Waals surface area contributed by atoms with Crippen molar-refractivity contribution < 1.29 is 28.6 Å². The van der Waals surface area contributed by atoms with Gasteiger partial charge in [-0.15, -0.1) is 0 Å². The van der Waals surface area contributed by atoms with E-state index in [0.29, 0.717) is 11.3 Å². The minimum atomic E-state index is -0.816. The fourth-order valence-corrected chi connectivity index (χ4v) is 3.57. The molecule has 0 amide bonds. The molecule has 6 heteroatoms. The van der Waals surface area contributed by atoms with Crippen LogP contribution in [0.5, 0.6) is 5.75 Å². The third-order valence-electron chi connectivity index (χ3n) is 4.53. The number of carbonyl (C=O) groups is 3. The van der Waals surface area contributed by atoms with Crippen molar-refractivity contribution in [2.75, 3.05) is 7.11 Å². The Hall–Kier alpha value is -2.47. The number of hydrogen-bond acceptors (Lipinski definition) is 6. The van der Waals surface area contributed by atoms with E-state index in [4.69, 9.17) is 14.2 Å². The van der Waals surface area contributed by atoms with Crippen LogP contribution in [0.4, 0.5) is 0 Å². The molecule has 118 valence electrons. The molecule has 1 aromatic rings. The van der Waals surface area contributed by atoms with Crippen LogP contribution in [0.3, 0.4) is 0 Å². The van der Waals surface area contributed by atoms with E-state index in [0.717, 1.165) is 0 Å². The van der Waals surface area contributed by atoms with Crippen LogP contribution in [-0.4, -0.2) is 43.0 Å². The Bertz CT molecular complexity index is 790. The van der Waals surface area contributed by atoms with E-state index in [1.807, 2.05) is 0 Å². The number of fused-ring (bicyclic) bond motifs is 3. The molecule has 0 aromatic heterocycles. The predicted molar refractivity (Wildman–Crippen MR) is 77.5 cm³/mol. The summed E-state index contributed by atoms with van der Waals surface area (Å²) < 4.78 is 16.2. The van der Waals surface area contributed by atoms with E-state index in [2.05, 4.69) is 0 Å². The van der Waals surface area contributed by atoms with Crippen molar-refractivity contribution in [2.24, 2.45) is 0 Å². The maximum absolute atomic E-state index is 13.0. The van der Waals surface area contributed by atoms with Crippen LogP contribution in [0.15, 0.2) is 29.3 Å². The number of benzene rings is 1. The first-order valence-electron chi connectivity index (χ1n) is 7.38. The molecule has 23 heavy (non-hydrogen) atoms. The molecular weight excluding hydrogens is 300 g/mol. The minimum absolute atomic E-state index is 0.0893. The molecule has 0 N–H and O–H groups in total. The lowest BCUT2D eigenvalue weighted by Gasteiger charge is -2.35. The summed E-state index contributed by atoms with van der Waals surface area (Å²) in [5.41, 5.74) is 1.05. The molecule has 0 bridgehead atoms. The van der Waals surface area contributed by atoms with Crippen LogP contribution in [-0.2, 0) is 14.3 Å². The molecule has 2 aliphatic heterocycles. The summed E-state index contributed by atoms with van der Waals surface area (Å²) in [5.74, 6) is -0.686. The van der Waals surface area contributed by atoms with Crippen LogP contribution >= 0.6 is 0 Å². The second-order valence-corrected chi connectivity index (χ2v) is 5.80. The van der Waals surface area contributed by atoms with Gasteiger partial charge < -0.3 is 14.2 Å². The summed E-state index contributed by atoms with van der Waals surface area (Å²) in [6.45, 7) is 1.71. The lowest BCUT2D eigenvalue weighted by atomic mass is 9.77. The van der Waals surface area contributed by atoms with Gasteiger partial charge in [-0.3, -0.25) is 14.4 Å². The highest BCUT2D eigenvalue weighted by atomic mass is 16.6. The number of ketones is 2. The number of methoxy groups -OCH3 is 1. The molecule has 0 radical (unpaired) electrons. The number of rotatable bonds is 1. The highest BCUT2D eigenvalue weighted by Crippen LogP contribution is 2.42. The van der Waals surface area contributed by atoms with Crippen molar-refractivity contribution in [3.63, 3.8) is 0 Å². The lowest BCUT2D eigenvalue weighted by Crippen LogP contribution is -2.44. The molecule has 0 unspecified atom stereocenters. The monoisotopic (exact) mass is 314 g/mol. The number of hydrogen-bond donors (Lipinski definition) is 0. The quantitative estimate of drug-likeness (QED) is 0.731. The first kappa shape index (κ1) is 14.1. The molecule has 6 nitrogen and oxygen atoms in total. The molecule has 1 fully saturated rings. The molecule has 3 atom stereocenters. The largest absolute Gasteiger partial charge is 0.496 e. The van der Waals surface area contributed by atoms with E-state index < -0.39 is 24.3 Å². The van der Waals surface area contributed by atoms with Crippen molar-refractivity contribution in [1.82, 2.24) is 0 Å². The van der Waals surface area contributed by atoms with Crippen molar-refractivity contribution in [2.45, 2.75) is 31.7 Å². The van der Waals surface area contributed by atoms with Crippen LogP contribution < -0.4 is 4.74 Å². The maximum Gasteiger partial charge on any atom is 0.309 e. The zero-order chi connectivity index (χ0) is 16.3. The fraction of sp³-hybridized carbons (Fsp3) is 0.353. The average Bonchev–Trinajstić information content (AvgIpc) is 2.90. The Morgan fingerprint density at radius 2 is 1.91 bits per heavy atom. The Labute approximate surface area is 132 Å². The standard InChI is InChI=1S/C17H14O6/c1-7-12-14(17-10(22-7)6-11(18)23-17)16(20)13-8(15(12)19)4-3-5-9(13)21-2/h3-5,7,10,17H,6H2,1-2H3/t7-,10-,17+/m1/s1. The first-order chi connectivity index (χ1) is 11.0. The zero-order valence-electron chi connectivity index (χ0n) is 12.6. The van der Waals surface area contributed by atoms with Crippen LogP contribution in [0.25, 0.3) is 0 Å². The van der Waals surface area contributed by atoms with Crippen LogP contribution in [0.2, 0.25) is 0 Å². The molecule has 1 saturated heterocycles. The van der Waals surface area contributed by atoms with Gasteiger partial charge in [0, 0.05) is 11.1 Å². The first-order valence-corrected chi connectivity index (χ1v) is 7.38. The highest BCUT2D eigenvalue weighted by Gasteiger charge is 2.51. The summed E-state index contributed by atoms with van der Waals surface area (Å²) >= 11 is 0. The van der Waals surface area contributed by atoms with Crippen molar-refractivity contribution in [3.8, 4) is 5.75 Å². The fourth-order valence-electron chi connectivity index (χ4n) is 3.57. The van der Waals surface area contributed by atoms with Crippen molar-refractivity contribution >= 4 is 17.5 Å². The van der Waals surface area contributed by atoms with E-state index in [-0.39, 0.29) is 34.7 Å². The van der Waals surface area contributed by atoms with Crippen molar-refractivity contribution in [3.05, 3.63) is 40.5 Å². The van der Waals surface area contributed by atoms with Gasteiger partial charge in [0.1, 0.15) is 11.9 Å². The Kier molecular flexibility index (Phi) is 2.93. The van der Waals surface area contributed by atoms with Gasteiger partial charge in [-0.25, -0.2) is 0 Å². The molecule has 0 spiro atoms. The Morgan fingerprint density at radius 3 is 2.65 bits per heavy atom. The molecule has 0 saturated carbocycles. The predicted octanol–water partition coefficient (Wildman–Crippen LogP) is 1.47.